The first-order valence-corrected chi connectivity index (χ1v) is 10.3. The molecule has 0 amide bonds. The summed E-state index contributed by atoms with van der Waals surface area (Å²) in [5, 5.41) is 1.84. The lowest BCUT2D eigenvalue weighted by molar-refractivity contribution is 0.481. The maximum atomic E-state index is 13.4. The molecule has 0 aliphatic rings. The molecule has 2 aromatic heterocycles. The number of nitrogens with zero attached hydrogens (tertiary/aromatic N) is 1. The minimum atomic E-state index is -3.72. The van der Waals surface area contributed by atoms with Gasteiger partial charge in [0.1, 0.15) is 17.0 Å². The number of unbranched alkanes of at least 4 members (excludes halogenated alkanes) is 1. The standard InChI is InChI=1S/C21H21NO3S/c1-3-4-14-19-20-17-12-8-9-13-18(17)22(21(20)15(2)25-19)26(23,24)16-10-6-5-7-11-16/h5-13H,3-4,14H2,1-2H3. The van der Waals surface area contributed by atoms with Crippen molar-refractivity contribution in [1.82, 2.24) is 3.97 Å². The zero-order chi connectivity index (χ0) is 18.3. The summed E-state index contributed by atoms with van der Waals surface area (Å²) in [6, 6.07) is 16.2. The average molecular weight is 367 g/mol. The van der Waals surface area contributed by atoms with E-state index < -0.39 is 10.0 Å². The van der Waals surface area contributed by atoms with Crippen molar-refractivity contribution in [2.24, 2.45) is 0 Å². The molecule has 2 heterocycles. The number of aryl methyl sites for hydroxylation is 2. The largest absolute Gasteiger partial charge is 0.463 e. The summed E-state index contributed by atoms with van der Waals surface area (Å²) in [5.41, 5.74) is 1.35. The van der Waals surface area contributed by atoms with Crippen molar-refractivity contribution in [3.63, 3.8) is 0 Å². The highest BCUT2D eigenvalue weighted by molar-refractivity contribution is 7.90. The third kappa shape index (κ3) is 2.46. The van der Waals surface area contributed by atoms with Crippen LogP contribution in [0, 0.1) is 6.92 Å². The number of hydrogen-bond acceptors (Lipinski definition) is 3. The fourth-order valence-electron chi connectivity index (χ4n) is 3.56. The van der Waals surface area contributed by atoms with E-state index in [9.17, 15) is 8.42 Å². The molecular weight excluding hydrogens is 346 g/mol. The van der Waals surface area contributed by atoms with E-state index in [2.05, 4.69) is 6.92 Å². The van der Waals surface area contributed by atoms with E-state index in [1.807, 2.05) is 37.3 Å². The number of hydrogen-bond donors (Lipinski definition) is 0. The molecule has 0 saturated heterocycles. The maximum absolute atomic E-state index is 13.4. The highest BCUT2D eigenvalue weighted by atomic mass is 32.2. The SMILES string of the molecule is CCCCc1oc(C)c2c1c1ccccc1n2S(=O)(=O)c1ccccc1. The molecule has 134 valence electrons. The van der Waals surface area contributed by atoms with Gasteiger partial charge in [-0.05, 0) is 31.5 Å². The van der Waals surface area contributed by atoms with Gasteiger partial charge in [-0.2, -0.15) is 0 Å². The molecular formula is C21H21NO3S. The van der Waals surface area contributed by atoms with Crippen LogP contribution in [0.25, 0.3) is 21.8 Å². The van der Waals surface area contributed by atoms with Crippen LogP contribution in [0.3, 0.4) is 0 Å². The smallest absolute Gasteiger partial charge is 0.268 e. The van der Waals surface area contributed by atoms with Gasteiger partial charge in [0, 0.05) is 11.8 Å². The van der Waals surface area contributed by atoms with Gasteiger partial charge in [0.25, 0.3) is 10.0 Å². The van der Waals surface area contributed by atoms with Crippen LogP contribution in [0.2, 0.25) is 0 Å². The van der Waals surface area contributed by atoms with E-state index >= 15 is 0 Å². The number of furan rings is 1. The molecule has 0 unspecified atom stereocenters. The molecule has 0 saturated carbocycles. The Bertz CT molecular complexity index is 1180. The predicted molar refractivity (Wildman–Crippen MR) is 104 cm³/mol. The fourth-order valence-corrected chi connectivity index (χ4v) is 5.15. The van der Waals surface area contributed by atoms with E-state index in [-0.39, 0.29) is 4.90 Å². The lowest BCUT2D eigenvalue weighted by atomic mass is 10.1. The molecule has 4 aromatic rings. The average Bonchev–Trinajstić information content (AvgIpc) is 3.17. The normalized spacial score (nSPS) is 12.2. The van der Waals surface area contributed by atoms with Gasteiger partial charge in [-0.25, -0.2) is 12.4 Å². The van der Waals surface area contributed by atoms with Crippen molar-refractivity contribution in [1.29, 1.82) is 0 Å². The first-order chi connectivity index (χ1) is 12.6. The summed E-state index contributed by atoms with van der Waals surface area (Å²) in [6.45, 7) is 3.98. The lowest BCUT2D eigenvalue weighted by Crippen LogP contribution is -2.12. The second kappa shape index (κ2) is 6.32. The van der Waals surface area contributed by atoms with Gasteiger partial charge in [0.05, 0.1) is 15.8 Å². The van der Waals surface area contributed by atoms with Crippen LogP contribution in [0.1, 0.15) is 31.3 Å². The Morgan fingerprint density at radius 3 is 2.42 bits per heavy atom. The monoisotopic (exact) mass is 367 g/mol. The molecule has 0 N–H and O–H groups in total. The first-order valence-electron chi connectivity index (χ1n) is 8.87. The summed E-state index contributed by atoms with van der Waals surface area (Å²) in [5.74, 6) is 1.51. The van der Waals surface area contributed by atoms with Crippen molar-refractivity contribution < 1.29 is 12.8 Å². The van der Waals surface area contributed by atoms with Crippen molar-refractivity contribution in [3.8, 4) is 0 Å². The molecule has 26 heavy (non-hydrogen) atoms. The Labute approximate surface area is 153 Å². The van der Waals surface area contributed by atoms with E-state index in [1.165, 1.54) is 3.97 Å². The third-order valence-corrected chi connectivity index (χ3v) is 6.49. The molecule has 0 atom stereocenters. The number of aromatic nitrogens is 1. The molecule has 0 spiro atoms. The van der Waals surface area contributed by atoms with Gasteiger partial charge in [-0.3, -0.25) is 0 Å². The van der Waals surface area contributed by atoms with Gasteiger partial charge in [-0.1, -0.05) is 49.7 Å². The number of rotatable bonds is 5. The van der Waals surface area contributed by atoms with Crippen LogP contribution in [0.5, 0.6) is 0 Å². The van der Waals surface area contributed by atoms with Crippen molar-refractivity contribution in [2.75, 3.05) is 0 Å². The van der Waals surface area contributed by atoms with Crippen LogP contribution < -0.4 is 0 Å². The first kappa shape index (κ1) is 16.9. The molecule has 4 rings (SSSR count). The highest BCUT2D eigenvalue weighted by Crippen LogP contribution is 2.38. The van der Waals surface area contributed by atoms with Crippen LogP contribution in [-0.4, -0.2) is 12.4 Å². The summed E-state index contributed by atoms with van der Waals surface area (Å²) >= 11 is 0. The Balaban J connectivity index is 2.10. The topological polar surface area (TPSA) is 52.2 Å². The van der Waals surface area contributed by atoms with Crippen LogP contribution in [0.15, 0.2) is 63.9 Å². The molecule has 0 aliphatic heterocycles. The molecule has 2 aromatic carbocycles. The van der Waals surface area contributed by atoms with E-state index in [1.54, 1.807) is 24.3 Å². The maximum Gasteiger partial charge on any atom is 0.268 e. The van der Waals surface area contributed by atoms with Crippen molar-refractivity contribution in [3.05, 3.63) is 66.1 Å². The Hall–Kier alpha value is -2.53. The lowest BCUT2D eigenvalue weighted by Gasteiger charge is -2.09. The number of benzene rings is 2. The second-order valence-electron chi connectivity index (χ2n) is 6.51. The Morgan fingerprint density at radius 2 is 1.69 bits per heavy atom. The minimum absolute atomic E-state index is 0.276. The van der Waals surface area contributed by atoms with Gasteiger partial charge in [0.15, 0.2) is 0 Å². The highest BCUT2D eigenvalue weighted by Gasteiger charge is 2.27. The van der Waals surface area contributed by atoms with Gasteiger partial charge in [-0.15, -0.1) is 0 Å². The summed E-state index contributed by atoms with van der Waals surface area (Å²) in [4.78, 5) is 0.276. The molecule has 0 fully saturated rings. The molecule has 0 radical (unpaired) electrons. The van der Waals surface area contributed by atoms with Gasteiger partial charge >= 0.3 is 0 Å². The fraction of sp³-hybridized carbons (Fsp3) is 0.238. The van der Waals surface area contributed by atoms with Gasteiger partial charge < -0.3 is 4.42 Å². The Morgan fingerprint density at radius 1 is 1.00 bits per heavy atom. The van der Waals surface area contributed by atoms with Crippen LogP contribution in [-0.2, 0) is 16.4 Å². The molecule has 0 bridgehead atoms. The third-order valence-electron chi connectivity index (χ3n) is 4.76. The van der Waals surface area contributed by atoms with Crippen LogP contribution in [0.4, 0.5) is 0 Å². The Kier molecular flexibility index (Phi) is 4.11. The molecule has 4 nitrogen and oxygen atoms in total. The number of fused-ring (bicyclic) bond motifs is 3. The zero-order valence-electron chi connectivity index (χ0n) is 14.9. The van der Waals surface area contributed by atoms with Gasteiger partial charge in [0.2, 0.25) is 0 Å². The van der Waals surface area contributed by atoms with Crippen LogP contribution >= 0.6 is 0 Å². The quantitative estimate of drug-likeness (QED) is 0.482. The summed E-state index contributed by atoms with van der Waals surface area (Å²) in [7, 11) is -3.72. The zero-order valence-corrected chi connectivity index (χ0v) is 15.7. The summed E-state index contributed by atoms with van der Waals surface area (Å²) < 4.78 is 34.3. The van der Waals surface area contributed by atoms with E-state index in [4.69, 9.17) is 4.42 Å². The predicted octanol–water partition coefficient (Wildman–Crippen LogP) is 5.28. The molecule has 5 heteroatoms. The number of para-hydroxylation sites is 1. The second-order valence-corrected chi connectivity index (χ2v) is 8.29. The van der Waals surface area contributed by atoms with Crippen molar-refractivity contribution >= 4 is 31.8 Å². The minimum Gasteiger partial charge on any atom is -0.463 e. The van der Waals surface area contributed by atoms with E-state index in [0.29, 0.717) is 16.8 Å². The summed E-state index contributed by atoms with van der Waals surface area (Å²) in [6.07, 6.45) is 2.87. The molecule has 0 aliphatic carbocycles. The van der Waals surface area contributed by atoms with Crippen molar-refractivity contribution in [2.45, 2.75) is 38.0 Å². The van der Waals surface area contributed by atoms with E-state index in [0.717, 1.165) is 35.8 Å².